The summed E-state index contributed by atoms with van der Waals surface area (Å²) in [5.41, 5.74) is 0. The molecule has 0 unspecified atom stereocenters. The normalized spacial score (nSPS) is 9.55. The molecular formula is C9H15NO. The average Bonchev–Trinajstić information content (AvgIpc) is 2.07. The van der Waals surface area contributed by atoms with Crippen LogP contribution in [0.3, 0.4) is 0 Å². The molecule has 0 spiro atoms. The third-order valence-electron chi connectivity index (χ3n) is 1.36. The van der Waals surface area contributed by atoms with Crippen molar-refractivity contribution in [1.82, 2.24) is 5.32 Å². The first-order valence-electron chi connectivity index (χ1n) is 3.76. The zero-order valence-electron chi connectivity index (χ0n) is 6.71. The SMILES string of the molecule is CNCCOc1ccccc1.[HH]. The van der Waals surface area contributed by atoms with Gasteiger partial charge in [0.05, 0.1) is 0 Å². The van der Waals surface area contributed by atoms with E-state index in [0.29, 0.717) is 0 Å². The van der Waals surface area contributed by atoms with E-state index < -0.39 is 0 Å². The van der Waals surface area contributed by atoms with Gasteiger partial charge < -0.3 is 10.1 Å². The van der Waals surface area contributed by atoms with E-state index in [9.17, 15) is 0 Å². The van der Waals surface area contributed by atoms with Gasteiger partial charge >= 0.3 is 0 Å². The third-order valence-corrected chi connectivity index (χ3v) is 1.36. The van der Waals surface area contributed by atoms with Gasteiger partial charge in [-0.1, -0.05) is 18.2 Å². The van der Waals surface area contributed by atoms with Gasteiger partial charge in [0, 0.05) is 7.97 Å². The largest absolute Gasteiger partial charge is 0.492 e. The first-order chi connectivity index (χ1) is 5.43. The summed E-state index contributed by atoms with van der Waals surface area (Å²) < 4.78 is 5.38. The Morgan fingerprint density at radius 2 is 2.09 bits per heavy atom. The lowest BCUT2D eigenvalue weighted by atomic mass is 10.3. The smallest absolute Gasteiger partial charge is 0.119 e. The molecule has 1 aromatic rings. The molecule has 0 bridgehead atoms. The van der Waals surface area contributed by atoms with Crippen molar-refractivity contribution in [2.75, 3.05) is 20.2 Å². The van der Waals surface area contributed by atoms with Gasteiger partial charge in [-0.15, -0.1) is 0 Å². The van der Waals surface area contributed by atoms with Crippen molar-refractivity contribution < 1.29 is 6.16 Å². The fourth-order valence-electron chi connectivity index (χ4n) is 0.788. The molecule has 1 aromatic carbocycles. The van der Waals surface area contributed by atoms with Crippen molar-refractivity contribution in [3.8, 4) is 5.75 Å². The molecule has 0 aliphatic carbocycles. The second-order valence-corrected chi connectivity index (χ2v) is 2.27. The Morgan fingerprint density at radius 3 is 2.73 bits per heavy atom. The van der Waals surface area contributed by atoms with E-state index in [4.69, 9.17) is 4.74 Å². The quantitative estimate of drug-likeness (QED) is 0.662. The highest BCUT2D eigenvalue weighted by Gasteiger charge is 1.87. The van der Waals surface area contributed by atoms with Crippen molar-refractivity contribution in [3.63, 3.8) is 0 Å². The van der Waals surface area contributed by atoms with Crippen LogP contribution < -0.4 is 10.1 Å². The van der Waals surface area contributed by atoms with Crippen molar-refractivity contribution >= 4 is 0 Å². The number of hydrogen-bond donors (Lipinski definition) is 1. The van der Waals surface area contributed by atoms with Gasteiger partial charge in [-0.05, 0) is 19.2 Å². The van der Waals surface area contributed by atoms with Crippen LogP contribution in [0.4, 0.5) is 0 Å². The lowest BCUT2D eigenvalue weighted by Crippen LogP contribution is -2.15. The summed E-state index contributed by atoms with van der Waals surface area (Å²) in [6.07, 6.45) is 0. The number of likely N-dealkylation sites (N-methyl/N-ethyl adjacent to an activating group) is 1. The molecule has 2 heteroatoms. The molecule has 62 valence electrons. The van der Waals surface area contributed by atoms with Crippen LogP contribution in [0, 0.1) is 0 Å². The van der Waals surface area contributed by atoms with Crippen LogP contribution in [0.1, 0.15) is 1.43 Å². The maximum Gasteiger partial charge on any atom is 0.119 e. The second-order valence-electron chi connectivity index (χ2n) is 2.27. The molecule has 0 atom stereocenters. The molecule has 0 saturated carbocycles. The molecule has 0 amide bonds. The molecule has 0 aliphatic rings. The number of ether oxygens (including phenoxy) is 1. The Hall–Kier alpha value is -1.02. The maximum absolute atomic E-state index is 5.38. The fourth-order valence-corrected chi connectivity index (χ4v) is 0.788. The molecule has 1 rings (SSSR count). The second kappa shape index (κ2) is 4.74. The van der Waals surface area contributed by atoms with Crippen LogP contribution in [0.25, 0.3) is 0 Å². The highest BCUT2D eigenvalue weighted by atomic mass is 16.5. The minimum absolute atomic E-state index is 0. The topological polar surface area (TPSA) is 21.3 Å². The van der Waals surface area contributed by atoms with Gasteiger partial charge in [0.2, 0.25) is 0 Å². The first kappa shape index (κ1) is 8.08. The summed E-state index contributed by atoms with van der Waals surface area (Å²) >= 11 is 0. The van der Waals surface area contributed by atoms with E-state index in [2.05, 4.69) is 5.32 Å². The molecular weight excluding hydrogens is 138 g/mol. The first-order valence-corrected chi connectivity index (χ1v) is 3.76. The molecule has 0 aromatic heterocycles. The van der Waals surface area contributed by atoms with Crippen LogP contribution in [-0.2, 0) is 0 Å². The number of benzene rings is 1. The standard InChI is InChI=1S/C9H13NO.H2/c1-10-7-8-11-9-5-3-2-4-6-9;/h2-6,10H,7-8H2,1H3;1H. The van der Waals surface area contributed by atoms with Gasteiger partial charge in [-0.25, -0.2) is 0 Å². The lowest BCUT2D eigenvalue weighted by molar-refractivity contribution is 0.318. The van der Waals surface area contributed by atoms with Gasteiger partial charge in [-0.3, -0.25) is 0 Å². The lowest BCUT2D eigenvalue weighted by Gasteiger charge is -2.03. The summed E-state index contributed by atoms with van der Waals surface area (Å²) in [5.74, 6) is 0.933. The summed E-state index contributed by atoms with van der Waals surface area (Å²) in [5, 5.41) is 3.01. The van der Waals surface area contributed by atoms with E-state index in [-0.39, 0.29) is 1.43 Å². The van der Waals surface area contributed by atoms with E-state index in [1.807, 2.05) is 37.4 Å². The van der Waals surface area contributed by atoms with E-state index in [1.54, 1.807) is 0 Å². The van der Waals surface area contributed by atoms with Crippen LogP contribution >= 0.6 is 0 Å². The van der Waals surface area contributed by atoms with Crippen molar-refractivity contribution in [2.45, 2.75) is 0 Å². The van der Waals surface area contributed by atoms with E-state index in [1.165, 1.54) is 0 Å². The van der Waals surface area contributed by atoms with Gasteiger partial charge in [0.25, 0.3) is 0 Å². The highest BCUT2D eigenvalue weighted by molar-refractivity contribution is 5.20. The third kappa shape index (κ3) is 3.05. The Bertz CT molecular complexity index is 191. The predicted molar refractivity (Wildman–Crippen MR) is 48.0 cm³/mol. The van der Waals surface area contributed by atoms with Crippen molar-refractivity contribution in [1.29, 1.82) is 0 Å². The molecule has 2 nitrogen and oxygen atoms in total. The minimum Gasteiger partial charge on any atom is -0.492 e. The van der Waals surface area contributed by atoms with Crippen molar-refractivity contribution in [2.24, 2.45) is 0 Å². The Morgan fingerprint density at radius 1 is 1.36 bits per heavy atom. The van der Waals surface area contributed by atoms with Gasteiger partial charge in [-0.2, -0.15) is 0 Å². The Labute approximate surface area is 68.7 Å². The molecule has 0 fully saturated rings. The van der Waals surface area contributed by atoms with E-state index >= 15 is 0 Å². The van der Waals surface area contributed by atoms with Crippen molar-refractivity contribution in [3.05, 3.63) is 30.3 Å². The highest BCUT2D eigenvalue weighted by Crippen LogP contribution is 2.06. The van der Waals surface area contributed by atoms with Gasteiger partial charge in [0.15, 0.2) is 0 Å². The molecule has 0 aliphatic heterocycles. The fraction of sp³-hybridized carbons (Fsp3) is 0.333. The summed E-state index contributed by atoms with van der Waals surface area (Å²) in [6.45, 7) is 1.61. The summed E-state index contributed by atoms with van der Waals surface area (Å²) in [7, 11) is 1.91. The average molecular weight is 153 g/mol. The Balaban J connectivity index is 0.00000121. The van der Waals surface area contributed by atoms with Crippen LogP contribution in [-0.4, -0.2) is 20.2 Å². The minimum atomic E-state index is 0. The van der Waals surface area contributed by atoms with Crippen LogP contribution in [0.5, 0.6) is 5.75 Å². The number of para-hydroxylation sites is 1. The van der Waals surface area contributed by atoms with E-state index in [0.717, 1.165) is 18.9 Å². The number of hydrogen-bond acceptors (Lipinski definition) is 2. The molecule has 0 saturated heterocycles. The van der Waals surface area contributed by atoms with Crippen LogP contribution in [0.15, 0.2) is 30.3 Å². The zero-order chi connectivity index (χ0) is 7.94. The molecule has 11 heavy (non-hydrogen) atoms. The van der Waals surface area contributed by atoms with Gasteiger partial charge in [0.1, 0.15) is 12.4 Å². The predicted octanol–water partition coefficient (Wildman–Crippen LogP) is 1.53. The Kier molecular flexibility index (Phi) is 3.48. The zero-order valence-corrected chi connectivity index (χ0v) is 6.71. The molecule has 1 N–H and O–H groups in total. The number of nitrogens with one attached hydrogen (secondary N) is 1. The monoisotopic (exact) mass is 153 g/mol. The maximum atomic E-state index is 5.38. The summed E-state index contributed by atoms with van der Waals surface area (Å²) in [6, 6.07) is 9.82. The molecule has 0 heterocycles. The molecule has 0 radical (unpaired) electrons. The summed E-state index contributed by atoms with van der Waals surface area (Å²) in [4.78, 5) is 0. The number of rotatable bonds is 4. The van der Waals surface area contributed by atoms with Crippen LogP contribution in [0.2, 0.25) is 0 Å².